The second-order valence-corrected chi connectivity index (χ2v) is 7.71. The van der Waals surface area contributed by atoms with Gasteiger partial charge >= 0.3 is 0 Å². The van der Waals surface area contributed by atoms with Crippen molar-refractivity contribution < 1.29 is 9.59 Å². The van der Waals surface area contributed by atoms with Crippen LogP contribution >= 0.6 is 0 Å². The molecule has 0 radical (unpaired) electrons. The van der Waals surface area contributed by atoms with E-state index in [2.05, 4.69) is 46.6 Å². The molecule has 0 spiro atoms. The highest BCUT2D eigenvalue weighted by atomic mass is 16.2. The molecule has 1 aromatic carbocycles. The van der Waals surface area contributed by atoms with Crippen LogP contribution in [0.2, 0.25) is 0 Å². The Hall–Kier alpha value is -2.67. The van der Waals surface area contributed by atoms with Crippen molar-refractivity contribution >= 4 is 11.8 Å². The van der Waals surface area contributed by atoms with Gasteiger partial charge in [-0.1, -0.05) is 44.2 Å². The monoisotopic (exact) mass is 383 g/mol. The molecule has 1 aliphatic heterocycles. The quantitative estimate of drug-likeness (QED) is 0.722. The maximum absolute atomic E-state index is 12.4. The van der Waals surface area contributed by atoms with Crippen LogP contribution in [0.25, 0.3) is 0 Å². The first-order valence-electron chi connectivity index (χ1n) is 9.85. The Morgan fingerprint density at radius 3 is 2.82 bits per heavy atom. The fourth-order valence-electron chi connectivity index (χ4n) is 3.47. The smallest absolute Gasteiger partial charge is 0.237 e. The Bertz CT molecular complexity index is 787. The summed E-state index contributed by atoms with van der Waals surface area (Å²) in [5.41, 5.74) is 2.12. The SMILES string of the molecule is CC(C)CN1CCNC(=O)C1CC(=O)NCc1cnn(Cc2ccccc2)c1. The molecule has 2 heterocycles. The van der Waals surface area contributed by atoms with Gasteiger partial charge in [0.25, 0.3) is 0 Å². The first-order chi connectivity index (χ1) is 13.5. The second-order valence-electron chi connectivity index (χ2n) is 7.71. The molecule has 150 valence electrons. The summed E-state index contributed by atoms with van der Waals surface area (Å²) in [6.45, 7) is 7.59. The zero-order valence-electron chi connectivity index (χ0n) is 16.6. The van der Waals surface area contributed by atoms with E-state index in [1.165, 1.54) is 5.56 Å². The molecule has 2 aromatic rings. The number of amides is 2. The first kappa shape index (κ1) is 20.1. The van der Waals surface area contributed by atoms with Crippen LogP contribution in [-0.4, -0.2) is 52.2 Å². The summed E-state index contributed by atoms with van der Waals surface area (Å²) in [5, 5.41) is 10.1. The summed E-state index contributed by atoms with van der Waals surface area (Å²) in [4.78, 5) is 26.8. The molecule has 2 N–H and O–H groups in total. The highest BCUT2D eigenvalue weighted by Crippen LogP contribution is 2.12. The van der Waals surface area contributed by atoms with Crippen LogP contribution < -0.4 is 10.6 Å². The highest BCUT2D eigenvalue weighted by Gasteiger charge is 2.31. The number of aromatic nitrogens is 2. The lowest BCUT2D eigenvalue weighted by atomic mass is 10.1. The van der Waals surface area contributed by atoms with Crippen molar-refractivity contribution in [2.24, 2.45) is 5.92 Å². The number of hydrogen-bond acceptors (Lipinski definition) is 4. The summed E-state index contributed by atoms with van der Waals surface area (Å²) in [6, 6.07) is 9.72. The Kier molecular flexibility index (Phi) is 6.81. The molecular weight excluding hydrogens is 354 g/mol. The standard InChI is InChI=1S/C21H29N5O2/c1-16(2)13-25-9-8-22-21(28)19(25)10-20(27)23-11-18-12-24-26(15-18)14-17-6-4-3-5-7-17/h3-7,12,15-16,19H,8-11,13-14H2,1-2H3,(H,22,28)(H,23,27). The molecule has 3 rings (SSSR count). The summed E-state index contributed by atoms with van der Waals surface area (Å²) < 4.78 is 1.86. The number of piperazine rings is 1. The summed E-state index contributed by atoms with van der Waals surface area (Å²) in [5.74, 6) is 0.274. The normalized spacial score (nSPS) is 17.5. The van der Waals surface area contributed by atoms with Crippen molar-refractivity contribution in [3.63, 3.8) is 0 Å². The molecule has 0 aliphatic carbocycles. The van der Waals surface area contributed by atoms with Crippen molar-refractivity contribution in [3.05, 3.63) is 53.9 Å². The van der Waals surface area contributed by atoms with Gasteiger partial charge in [-0.3, -0.25) is 19.2 Å². The lowest BCUT2D eigenvalue weighted by molar-refractivity contribution is -0.134. The topological polar surface area (TPSA) is 79.3 Å². The van der Waals surface area contributed by atoms with Crippen molar-refractivity contribution in [3.8, 4) is 0 Å². The van der Waals surface area contributed by atoms with E-state index < -0.39 is 6.04 Å². The molecule has 1 unspecified atom stereocenters. The van der Waals surface area contributed by atoms with E-state index in [1.54, 1.807) is 6.20 Å². The third kappa shape index (κ3) is 5.66. The Morgan fingerprint density at radius 2 is 2.07 bits per heavy atom. The van der Waals surface area contributed by atoms with Crippen LogP contribution in [0.15, 0.2) is 42.7 Å². The Labute approximate surface area is 166 Å². The molecule has 2 amide bonds. The van der Waals surface area contributed by atoms with Gasteiger partial charge in [-0.25, -0.2) is 0 Å². The summed E-state index contributed by atoms with van der Waals surface area (Å²) in [7, 11) is 0. The molecule has 7 nitrogen and oxygen atoms in total. The van der Waals surface area contributed by atoms with E-state index in [-0.39, 0.29) is 18.2 Å². The number of hydrogen-bond donors (Lipinski definition) is 2. The van der Waals surface area contributed by atoms with Crippen LogP contribution in [0.5, 0.6) is 0 Å². The average molecular weight is 383 g/mol. The number of carbonyl (C=O) groups excluding carboxylic acids is 2. The van der Waals surface area contributed by atoms with Gasteiger partial charge in [0.1, 0.15) is 0 Å². The number of carbonyl (C=O) groups is 2. The number of nitrogens with one attached hydrogen (secondary N) is 2. The molecule has 7 heteroatoms. The van der Waals surface area contributed by atoms with Crippen molar-refractivity contribution in [2.75, 3.05) is 19.6 Å². The molecule has 28 heavy (non-hydrogen) atoms. The van der Waals surface area contributed by atoms with Crippen LogP contribution in [0.1, 0.15) is 31.4 Å². The molecule has 1 saturated heterocycles. The minimum Gasteiger partial charge on any atom is -0.353 e. The largest absolute Gasteiger partial charge is 0.353 e. The van der Waals surface area contributed by atoms with Crippen LogP contribution in [0.3, 0.4) is 0 Å². The van der Waals surface area contributed by atoms with Crippen molar-refractivity contribution in [1.29, 1.82) is 0 Å². The minimum absolute atomic E-state index is 0.0577. The van der Waals surface area contributed by atoms with E-state index in [0.29, 0.717) is 25.6 Å². The zero-order valence-corrected chi connectivity index (χ0v) is 16.6. The molecule has 1 fully saturated rings. The highest BCUT2D eigenvalue weighted by molar-refractivity contribution is 5.88. The van der Waals surface area contributed by atoms with Crippen LogP contribution in [0.4, 0.5) is 0 Å². The molecule has 1 aliphatic rings. The van der Waals surface area contributed by atoms with Gasteiger partial charge in [0.2, 0.25) is 11.8 Å². The van der Waals surface area contributed by atoms with E-state index in [9.17, 15) is 9.59 Å². The van der Waals surface area contributed by atoms with Gasteiger partial charge in [0, 0.05) is 37.9 Å². The number of rotatable bonds is 8. The maximum atomic E-state index is 12.4. The molecule has 1 atom stereocenters. The van der Waals surface area contributed by atoms with Gasteiger partial charge in [-0.15, -0.1) is 0 Å². The number of nitrogens with zero attached hydrogens (tertiary/aromatic N) is 3. The zero-order chi connectivity index (χ0) is 19.9. The van der Waals surface area contributed by atoms with Crippen molar-refractivity contribution in [1.82, 2.24) is 25.3 Å². The molecule has 0 bridgehead atoms. The van der Waals surface area contributed by atoms with Gasteiger partial charge in [-0.2, -0.15) is 5.10 Å². The van der Waals surface area contributed by atoms with Crippen LogP contribution in [0, 0.1) is 5.92 Å². The molecular formula is C21H29N5O2. The Balaban J connectivity index is 1.50. The van der Waals surface area contributed by atoms with E-state index in [4.69, 9.17) is 0 Å². The van der Waals surface area contributed by atoms with E-state index in [1.807, 2.05) is 29.1 Å². The second kappa shape index (κ2) is 9.50. The van der Waals surface area contributed by atoms with Gasteiger partial charge in [0.05, 0.1) is 25.2 Å². The lowest BCUT2D eigenvalue weighted by Gasteiger charge is -2.35. The average Bonchev–Trinajstić information content (AvgIpc) is 3.11. The fourth-order valence-corrected chi connectivity index (χ4v) is 3.47. The fraction of sp³-hybridized carbons (Fsp3) is 0.476. The number of benzene rings is 1. The maximum Gasteiger partial charge on any atom is 0.237 e. The van der Waals surface area contributed by atoms with E-state index >= 15 is 0 Å². The summed E-state index contributed by atoms with van der Waals surface area (Å²) in [6.07, 6.45) is 3.88. The third-order valence-electron chi connectivity index (χ3n) is 4.78. The van der Waals surface area contributed by atoms with Gasteiger partial charge in [0.15, 0.2) is 0 Å². The van der Waals surface area contributed by atoms with E-state index in [0.717, 1.165) is 18.7 Å². The summed E-state index contributed by atoms with van der Waals surface area (Å²) >= 11 is 0. The molecule has 0 saturated carbocycles. The van der Waals surface area contributed by atoms with Gasteiger partial charge < -0.3 is 10.6 Å². The molecule has 1 aromatic heterocycles. The van der Waals surface area contributed by atoms with Crippen LogP contribution in [-0.2, 0) is 22.7 Å². The predicted octanol–water partition coefficient (Wildman–Crippen LogP) is 1.39. The van der Waals surface area contributed by atoms with Gasteiger partial charge in [-0.05, 0) is 11.5 Å². The lowest BCUT2D eigenvalue weighted by Crippen LogP contribution is -2.57. The predicted molar refractivity (Wildman–Crippen MR) is 107 cm³/mol. The first-order valence-corrected chi connectivity index (χ1v) is 9.85. The Morgan fingerprint density at radius 1 is 1.29 bits per heavy atom. The minimum atomic E-state index is -0.392. The van der Waals surface area contributed by atoms with Crippen molar-refractivity contribution in [2.45, 2.75) is 39.4 Å². The third-order valence-corrected chi connectivity index (χ3v) is 4.78.